The Kier molecular flexibility index (Phi) is 3.82. The van der Waals surface area contributed by atoms with Gasteiger partial charge in [0.2, 0.25) is 11.9 Å². The Balaban J connectivity index is 2.09. The van der Waals surface area contributed by atoms with Crippen LogP contribution in [-0.2, 0) is 4.79 Å². The first-order chi connectivity index (χ1) is 9.28. The molecule has 2 rings (SSSR count). The van der Waals surface area contributed by atoms with E-state index in [2.05, 4.69) is 9.97 Å². The molecule has 0 saturated carbocycles. The Morgan fingerprint density at radius 2 is 2.20 bits per heavy atom. The van der Waals surface area contributed by atoms with Gasteiger partial charge in [0, 0.05) is 25.5 Å². The van der Waals surface area contributed by atoms with Crippen LogP contribution in [0.25, 0.3) is 0 Å². The van der Waals surface area contributed by atoms with Crippen LogP contribution >= 0.6 is 0 Å². The van der Waals surface area contributed by atoms with Gasteiger partial charge in [-0.2, -0.15) is 13.2 Å². The van der Waals surface area contributed by atoms with Gasteiger partial charge in [-0.25, -0.2) is 9.97 Å². The molecule has 0 spiro atoms. The van der Waals surface area contributed by atoms with E-state index in [1.807, 2.05) is 0 Å². The summed E-state index contributed by atoms with van der Waals surface area (Å²) in [5.74, 6) is -0.188. The summed E-state index contributed by atoms with van der Waals surface area (Å²) in [6.45, 7) is 0.676. The number of carbonyl (C=O) groups is 1. The summed E-state index contributed by atoms with van der Waals surface area (Å²) in [7, 11) is 1.62. The summed E-state index contributed by atoms with van der Waals surface area (Å²) in [5.41, 5.74) is 0.736. The summed E-state index contributed by atoms with van der Waals surface area (Å²) >= 11 is 0. The molecule has 1 fully saturated rings. The summed E-state index contributed by atoms with van der Waals surface area (Å²) in [6.07, 6.45) is -2.48. The fraction of sp³-hybridized carbons (Fsp3) is 0.583. The highest BCUT2D eigenvalue weighted by molar-refractivity contribution is 5.86. The third-order valence-electron chi connectivity index (χ3n) is 3.20. The quantitative estimate of drug-likeness (QED) is 0.843. The number of carbonyl (C=O) groups excluding carboxylic acids is 1. The van der Waals surface area contributed by atoms with Crippen LogP contribution in [0, 0.1) is 6.92 Å². The molecule has 0 N–H and O–H groups in total. The average molecular weight is 288 g/mol. The van der Waals surface area contributed by atoms with E-state index in [0.29, 0.717) is 12.4 Å². The number of hydrogen-bond donors (Lipinski definition) is 0. The van der Waals surface area contributed by atoms with Crippen LogP contribution < -0.4 is 4.90 Å². The van der Waals surface area contributed by atoms with Gasteiger partial charge in [0.05, 0.1) is 0 Å². The van der Waals surface area contributed by atoms with Crippen LogP contribution in [0.15, 0.2) is 12.3 Å². The molecule has 8 heteroatoms. The maximum atomic E-state index is 12.4. The monoisotopic (exact) mass is 288 g/mol. The first-order valence-electron chi connectivity index (χ1n) is 6.16. The van der Waals surface area contributed by atoms with Crippen LogP contribution in [0.1, 0.15) is 12.1 Å². The van der Waals surface area contributed by atoms with Crippen molar-refractivity contribution >= 4 is 11.9 Å². The Morgan fingerprint density at radius 1 is 1.50 bits per heavy atom. The summed E-state index contributed by atoms with van der Waals surface area (Å²) in [6, 6.07) is 1.07. The third kappa shape index (κ3) is 3.17. The van der Waals surface area contributed by atoms with Crippen molar-refractivity contribution in [2.24, 2.45) is 0 Å². The third-order valence-corrected chi connectivity index (χ3v) is 3.20. The molecule has 0 aliphatic carbocycles. The van der Waals surface area contributed by atoms with E-state index in [-0.39, 0.29) is 6.54 Å². The van der Waals surface area contributed by atoms with Gasteiger partial charge >= 0.3 is 6.18 Å². The minimum atomic E-state index is -4.37. The number of aryl methyl sites for hydroxylation is 1. The van der Waals surface area contributed by atoms with Crippen LogP contribution in [0.4, 0.5) is 19.1 Å². The molecule has 2 heterocycles. The normalized spacial score (nSPS) is 19.6. The van der Waals surface area contributed by atoms with Crippen molar-refractivity contribution in [3.05, 3.63) is 18.0 Å². The van der Waals surface area contributed by atoms with E-state index in [0.717, 1.165) is 10.6 Å². The lowest BCUT2D eigenvalue weighted by Crippen LogP contribution is -2.43. The van der Waals surface area contributed by atoms with E-state index >= 15 is 0 Å². The minimum absolute atomic E-state index is 0.0964. The van der Waals surface area contributed by atoms with Crippen LogP contribution in [0.3, 0.4) is 0 Å². The van der Waals surface area contributed by atoms with Crippen molar-refractivity contribution in [2.75, 3.05) is 25.0 Å². The number of nitrogens with zero attached hydrogens (tertiary/aromatic N) is 4. The molecule has 1 amide bonds. The molecule has 1 aliphatic rings. The van der Waals surface area contributed by atoms with Crippen molar-refractivity contribution in [3.63, 3.8) is 0 Å². The molecule has 1 aromatic heterocycles. The second-order valence-electron chi connectivity index (χ2n) is 4.79. The highest BCUT2D eigenvalue weighted by Crippen LogP contribution is 2.24. The molecule has 1 aliphatic heterocycles. The van der Waals surface area contributed by atoms with Gasteiger partial charge in [0.1, 0.15) is 12.6 Å². The van der Waals surface area contributed by atoms with Crippen LogP contribution in [0.2, 0.25) is 0 Å². The Morgan fingerprint density at radius 3 is 2.80 bits per heavy atom. The second kappa shape index (κ2) is 5.26. The number of likely N-dealkylation sites (tertiary alicyclic amines) is 1. The van der Waals surface area contributed by atoms with Gasteiger partial charge in [-0.1, -0.05) is 0 Å². The van der Waals surface area contributed by atoms with Crippen LogP contribution in [0.5, 0.6) is 0 Å². The highest BCUT2D eigenvalue weighted by atomic mass is 19.4. The largest absolute Gasteiger partial charge is 0.406 e. The zero-order valence-electron chi connectivity index (χ0n) is 11.2. The first kappa shape index (κ1) is 14.5. The fourth-order valence-corrected chi connectivity index (χ4v) is 2.20. The molecule has 1 unspecified atom stereocenters. The number of hydrogen-bond acceptors (Lipinski definition) is 4. The number of halogens is 3. The van der Waals surface area contributed by atoms with Gasteiger partial charge < -0.3 is 9.80 Å². The maximum absolute atomic E-state index is 12.4. The molecule has 1 aromatic rings. The van der Waals surface area contributed by atoms with Gasteiger partial charge in [0.15, 0.2) is 0 Å². The molecule has 5 nitrogen and oxygen atoms in total. The number of aromatic nitrogens is 2. The summed E-state index contributed by atoms with van der Waals surface area (Å²) in [4.78, 5) is 22.6. The summed E-state index contributed by atoms with van der Waals surface area (Å²) in [5, 5.41) is 0. The van der Waals surface area contributed by atoms with Gasteiger partial charge in [-0.05, 0) is 19.4 Å². The topological polar surface area (TPSA) is 49.3 Å². The lowest BCUT2D eigenvalue weighted by atomic mass is 10.2. The van der Waals surface area contributed by atoms with Gasteiger partial charge in [-0.15, -0.1) is 0 Å². The van der Waals surface area contributed by atoms with Gasteiger partial charge in [0.25, 0.3) is 0 Å². The number of alkyl halides is 3. The zero-order valence-corrected chi connectivity index (χ0v) is 11.2. The predicted octanol–water partition coefficient (Wildman–Crippen LogP) is 1.38. The standard InChI is InChI=1S/C12H15F3N4O/c1-8-3-5-16-11(17-8)18(2)9-4-6-19(10(9)20)7-12(13,14)15/h3,5,9H,4,6-7H2,1-2H3. The van der Waals surface area contributed by atoms with Gasteiger partial charge in [-0.3, -0.25) is 4.79 Å². The Bertz CT molecular complexity index is 506. The number of amides is 1. The molecule has 20 heavy (non-hydrogen) atoms. The molecule has 0 aromatic carbocycles. The van der Waals surface area contributed by atoms with E-state index < -0.39 is 24.7 Å². The molecule has 0 bridgehead atoms. The molecular formula is C12H15F3N4O. The van der Waals surface area contributed by atoms with Crippen molar-refractivity contribution in [1.82, 2.24) is 14.9 Å². The number of rotatable bonds is 3. The smallest absolute Gasteiger partial charge is 0.332 e. The maximum Gasteiger partial charge on any atom is 0.406 e. The van der Waals surface area contributed by atoms with Crippen molar-refractivity contribution in [1.29, 1.82) is 0 Å². The molecular weight excluding hydrogens is 273 g/mol. The predicted molar refractivity (Wildman–Crippen MR) is 66.2 cm³/mol. The first-order valence-corrected chi connectivity index (χ1v) is 6.16. The van der Waals surface area contributed by atoms with E-state index in [4.69, 9.17) is 0 Å². The Hall–Kier alpha value is -1.86. The van der Waals surface area contributed by atoms with Crippen molar-refractivity contribution in [3.8, 4) is 0 Å². The molecule has 110 valence electrons. The number of likely N-dealkylation sites (N-methyl/N-ethyl adjacent to an activating group) is 1. The Labute approximate surface area is 114 Å². The lowest BCUT2D eigenvalue weighted by molar-refractivity contribution is -0.157. The molecule has 0 radical (unpaired) electrons. The molecule has 1 saturated heterocycles. The number of anilines is 1. The summed E-state index contributed by atoms with van der Waals surface area (Å²) < 4.78 is 37.1. The van der Waals surface area contributed by atoms with E-state index in [1.54, 1.807) is 26.2 Å². The minimum Gasteiger partial charge on any atom is -0.332 e. The van der Waals surface area contributed by atoms with Crippen LogP contribution in [-0.4, -0.2) is 53.1 Å². The fourth-order valence-electron chi connectivity index (χ4n) is 2.20. The highest BCUT2D eigenvalue weighted by Gasteiger charge is 2.41. The van der Waals surface area contributed by atoms with Crippen molar-refractivity contribution < 1.29 is 18.0 Å². The second-order valence-corrected chi connectivity index (χ2v) is 4.79. The lowest BCUT2D eigenvalue weighted by Gasteiger charge is -2.24. The molecule has 1 atom stereocenters. The average Bonchev–Trinajstić information content (AvgIpc) is 2.68. The van der Waals surface area contributed by atoms with Crippen molar-refractivity contribution in [2.45, 2.75) is 25.6 Å². The zero-order chi connectivity index (χ0) is 14.9. The SMILES string of the molecule is Cc1ccnc(N(C)C2CCN(CC(F)(F)F)C2=O)n1. The van der Waals surface area contributed by atoms with E-state index in [1.165, 1.54) is 4.90 Å². The van der Waals surface area contributed by atoms with E-state index in [9.17, 15) is 18.0 Å².